The number of amides is 3. The molecule has 36 heavy (non-hydrogen) atoms. The van der Waals surface area contributed by atoms with Gasteiger partial charge in [-0.2, -0.15) is 0 Å². The predicted octanol–water partition coefficient (Wildman–Crippen LogP) is 2.98. The molecule has 0 unspecified atom stereocenters. The van der Waals surface area contributed by atoms with Crippen LogP contribution in [-0.4, -0.2) is 60.1 Å². The Bertz CT molecular complexity index is 1420. The number of benzene rings is 1. The molecule has 0 aliphatic heterocycles. The first-order valence-corrected chi connectivity index (χ1v) is 10.9. The molecule has 11 heteroatoms. The summed E-state index contributed by atoms with van der Waals surface area (Å²) >= 11 is 0. The van der Waals surface area contributed by atoms with Gasteiger partial charge in [0, 0.05) is 36.8 Å². The fraction of sp³-hybridized carbons (Fsp3) is 0.160. The number of nitrogens with one attached hydrogen (secondary N) is 2. The molecule has 4 aromatic rings. The maximum atomic E-state index is 13.6. The van der Waals surface area contributed by atoms with Crippen molar-refractivity contribution in [2.24, 2.45) is 0 Å². The number of methoxy groups -OCH3 is 2. The minimum Gasteiger partial charge on any atom is -0.497 e. The second-order valence-electron chi connectivity index (χ2n) is 7.60. The van der Waals surface area contributed by atoms with Gasteiger partial charge in [0.2, 0.25) is 5.91 Å². The third kappa shape index (κ3) is 5.09. The number of fused-ring (bicyclic) bond motifs is 1. The topological polar surface area (TPSA) is 127 Å². The predicted molar refractivity (Wildman–Crippen MR) is 133 cm³/mol. The van der Waals surface area contributed by atoms with Crippen LogP contribution in [0.25, 0.3) is 16.9 Å². The van der Waals surface area contributed by atoms with Crippen molar-refractivity contribution in [3.8, 4) is 17.0 Å². The lowest BCUT2D eigenvalue weighted by Crippen LogP contribution is -2.39. The number of hydrogen-bond acceptors (Lipinski definition) is 7. The maximum absolute atomic E-state index is 13.6. The molecule has 0 bridgehead atoms. The third-order valence-electron chi connectivity index (χ3n) is 5.42. The van der Waals surface area contributed by atoms with E-state index in [1.165, 1.54) is 26.2 Å². The molecule has 0 aliphatic rings. The molecule has 0 spiro atoms. The van der Waals surface area contributed by atoms with Gasteiger partial charge in [-0.3, -0.25) is 24.2 Å². The summed E-state index contributed by atoms with van der Waals surface area (Å²) in [5.41, 5.74) is 2.91. The Morgan fingerprint density at radius 1 is 1.03 bits per heavy atom. The number of pyridine rings is 2. The fourth-order valence-corrected chi connectivity index (χ4v) is 3.53. The van der Waals surface area contributed by atoms with Crippen molar-refractivity contribution in [1.29, 1.82) is 0 Å². The number of rotatable bonds is 7. The van der Waals surface area contributed by atoms with Crippen molar-refractivity contribution in [1.82, 2.24) is 19.7 Å². The van der Waals surface area contributed by atoms with Gasteiger partial charge in [-0.05, 0) is 36.4 Å². The molecule has 4 rings (SSSR count). The normalized spacial score (nSPS) is 10.5. The second-order valence-corrected chi connectivity index (χ2v) is 7.60. The first kappa shape index (κ1) is 24.2. The highest BCUT2D eigenvalue weighted by Crippen LogP contribution is 2.25. The summed E-state index contributed by atoms with van der Waals surface area (Å²) in [6, 6.07) is 13.7. The molecule has 0 saturated carbocycles. The Balaban J connectivity index is 1.69. The highest BCUT2D eigenvalue weighted by atomic mass is 16.5. The van der Waals surface area contributed by atoms with E-state index < -0.39 is 6.09 Å². The van der Waals surface area contributed by atoms with E-state index >= 15 is 0 Å². The van der Waals surface area contributed by atoms with Crippen LogP contribution < -0.4 is 20.3 Å². The highest BCUT2D eigenvalue weighted by molar-refractivity contribution is 6.08. The number of anilines is 2. The number of ether oxygens (including phenoxy) is 2. The first-order valence-electron chi connectivity index (χ1n) is 10.9. The van der Waals surface area contributed by atoms with E-state index in [1.54, 1.807) is 71.5 Å². The molecule has 0 atom stereocenters. The SMILES string of the molecule is CNC(=O)CN(C(=O)c1ccc2ncc(-c3ccc(NC(=O)OC)nc3)n2c1)c1cccc(OC)c1. The minimum absolute atomic E-state index is 0.171. The average Bonchev–Trinajstić information content (AvgIpc) is 3.34. The Labute approximate surface area is 206 Å². The zero-order valence-electron chi connectivity index (χ0n) is 19.9. The summed E-state index contributed by atoms with van der Waals surface area (Å²) in [7, 11) is 4.32. The van der Waals surface area contributed by atoms with Gasteiger partial charge >= 0.3 is 6.09 Å². The van der Waals surface area contributed by atoms with Gasteiger partial charge in [0.25, 0.3) is 5.91 Å². The van der Waals surface area contributed by atoms with E-state index in [2.05, 4.69) is 25.3 Å². The summed E-state index contributed by atoms with van der Waals surface area (Å²) in [5, 5.41) is 5.05. The number of carbonyl (C=O) groups is 3. The lowest BCUT2D eigenvalue weighted by molar-refractivity contribution is -0.119. The summed E-state index contributed by atoms with van der Waals surface area (Å²) in [6.45, 7) is -0.171. The number of aromatic nitrogens is 3. The van der Waals surface area contributed by atoms with Crippen molar-refractivity contribution in [3.05, 3.63) is 72.7 Å². The Hall–Kier alpha value is -4.93. The van der Waals surface area contributed by atoms with Crippen LogP contribution in [0.5, 0.6) is 5.75 Å². The van der Waals surface area contributed by atoms with Gasteiger partial charge in [-0.1, -0.05) is 6.07 Å². The molecule has 0 radical (unpaired) electrons. The smallest absolute Gasteiger partial charge is 0.412 e. The number of imidazole rings is 1. The first-order chi connectivity index (χ1) is 17.4. The van der Waals surface area contributed by atoms with Crippen molar-refractivity contribution >= 4 is 35.1 Å². The minimum atomic E-state index is -0.620. The molecule has 0 saturated heterocycles. The van der Waals surface area contributed by atoms with E-state index in [0.717, 1.165) is 5.56 Å². The largest absolute Gasteiger partial charge is 0.497 e. The molecule has 3 heterocycles. The Kier molecular flexibility index (Phi) is 7.10. The average molecular weight is 489 g/mol. The summed E-state index contributed by atoms with van der Waals surface area (Å²) in [5.74, 6) is 0.206. The molecule has 0 aliphatic carbocycles. The second kappa shape index (κ2) is 10.6. The monoisotopic (exact) mass is 488 g/mol. The summed E-state index contributed by atoms with van der Waals surface area (Å²) in [6.07, 6.45) is 4.29. The molecule has 3 aromatic heterocycles. The van der Waals surface area contributed by atoms with Crippen LogP contribution in [0.1, 0.15) is 10.4 Å². The van der Waals surface area contributed by atoms with E-state index in [9.17, 15) is 14.4 Å². The molecule has 11 nitrogen and oxygen atoms in total. The maximum Gasteiger partial charge on any atom is 0.412 e. The molecule has 1 aromatic carbocycles. The van der Waals surface area contributed by atoms with Crippen molar-refractivity contribution < 1.29 is 23.9 Å². The standard InChI is InChI=1S/C25H24N6O5/c1-26-23(32)15-30(18-5-4-6-19(11-18)35-2)24(33)17-8-10-22-28-13-20(31(22)14-17)16-7-9-21(27-12-16)29-25(34)36-3/h4-14H,15H2,1-3H3,(H,26,32)(H,27,29,34). The lowest BCUT2D eigenvalue weighted by Gasteiger charge is -2.22. The third-order valence-corrected chi connectivity index (χ3v) is 5.42. The highest BCUT2D eigenvalue weighted by Gasteiger charge is 2.22. The zero-order chi connectivity index (χ0) is 25.7. The van der Waals surface area contributed by atoms with E-state index in [0.29, 0.717) is 34.2 Å². The van der Waals surface area contributed by atoms with Crippen LogP contribution >= 0.6 is 0 Å². The van der Waals surface area contributed by atoms with Crippen LogP contribution in [0.4, 0.5) is 16.3 Å². The number of carbonyl (C=O) groups excluding carboxylic acids is 3. The van der Waals surface area contributed by atoms with Gasteiger partial charge < -0.3 is 14.8 Å². The molecular weight excluding hydrogens is 464 g/mol. The lowest BCUT2D eigenvalue weighted by atomic mass is 10.2. The van der Waals surface area contributed by atoms with Gasteiger partial charge in [0.15, 0.2) is 0 Å². The molecule has 2 N–H and O–H groups in total. The van der Waals surface area contributed by atoms with Gasteiger partial charge in [-0.25, -0.2) is 14.8 Å². The van der Waals surface area contributed by atoms with Crippen molar-refractivity contribution in [2.75, 3.05) is 38.0 Å². The van der Waals surface area contributed by atoms with Crippen LogP contribution in [0.3, 0.4) is 0 Å². The van der Waals surface area contributed by atoms with E-state index in [-0.39, 0.29) is 18.4 Å². The van der Waals surface area contributed by atoms with Crippen LogP contribution in [0, 0.1) is 0 Å². The molecule has 3 amide bonds. The van der Waals surface area contributed by atoms with Crippen molar-refractivity contribution in [3.63, 3.8) is 0 Å². The Morgan fingerprint density at radius 3 is 2.56 bits per heavy atom. The van der Waals surface area contributed by atoms with Crippen LogP contribution in [-0.2, 0) is 9.53 Å². The van der Waals surface area contributed by atoms with Gasteiger partial charge in [0.1, 0.15) is 23.8 Å². The van der Waals surface area contributed by atoms with Crippen LogP contribution in [0.2, 0.25) is 0 Å². The molecule has 0 fully saturated rings. The zero-order valence-corrected chi connectivity index (χ0v) is 19.9. The number of likely N-dealkylation sites (N-methyl/N-ethyl adjacent to an activating group) is 1. The van der Waals surface area contributed by atoms with Crippen LogP contribution in [0.15, 0.2) is 67.1 Å². The number of nitrogens with zero attached hydrogens (tertiary/aromatic N) is 4. The Morgan fingerprint density at radius 2 is 1.86 bits per heavy atom. The number of hydrogen-bond donors (Lipinski definition) is 2. The summed E-state index contributed by atoms with van der Waals surface area (Å²) in [4.78, 5) is 47.2. The van der Waals surface area contributed by atoms with E-state index in [1.807, 2.05) is 0 Å². The molecular formula is C25H24N6O5. The van der Waals surface area contributed by atoms with Crippen molar-refractivity contribution in [2.45, 2.75) is 0 Å². The molecule has 184 valence electrons. The fourth-order valence-electron chi connectivity index (χ4n) is 3.53. The van der Waals surface area contributed by atoms with Gasteiger partial charge in [-0.15, -0.1) is 0 Å². The van der Waals surface area contributed by atoms with E-state index in [4.69, 9.17) is 4.74 Å². The summed E-state index contributed by atoms with van der Waals surface area (Å²) < 4.78 is 11.6. The van der Waals surface area contributed by atoms with Gasteiger partial charge in [0.05, 0.1) is 31.7 Å². The quantitative estimate of drug-likeness (QED) is 0.409.